The zero-order valence-corrected chi connectivity index (χ0v) is 23.5. The highest BCUT2D eigenvalue weighted by Gasteiger charge is 2.51. The van der Waals surface area contributed by atoms with Gasteiger partial charge in [0.2, 0.25) is 0 Å². The molecule has 5 aliphatic heterocycles. The van der Waals surface area contributed by atoms with Gasteiger partial charge in [-0.1, -0.05) is 6.07 Å². The largest absolute Gasteiger partial charge is 0.461 e. The average Bonchev–Trinajstić information content (AvgIpc) is 3.66. The molecule has 6 aliphatic rings. The van der Waals surface area contributed by atoms with Crippen LogP contribution in [-0.2, 0) is 34.5 Å². The molecule has 1 aromatic heterocycles. The average molecular weight is 561 g/mol. The molecule has 8 rings (SSSR count). The van der Waals surface area contributed by atoms with E-state index in [1.807, 2.05) is 12.1 Å². The Kier molecular flexibility index (Phi) is 5.80. The van der Waals surface area contributed by atoms with E-state index in [9.17, 15) is 9.65 Å². The highest BCUT2D eigenvalue weighted by atomic mass is 19.1. The Morgan fingerprint density at radius 3 is 2.93 bits per heavy atom. The number of aryl methyl sites for hydroxylation is 1. The third-order valence-corrected chi connectivity index (χ3v) is 10.7. The molecule has 0 saturated carbocycles. The predicted molar refractivity (Wildman–Crippen MR) is 149 cm³/mol. The third kappa shape index (κ3) is 3.96. The van der Waals surface area contributed by atoms with Crippen molar-refractivity contribution in [3.63, 3.8) is 0 Å². The van der Waals surface area contributed by atoms with Gasteiger partial charge in [0.15, 0.2) is 0 Å². The minimum Gasteiger partial charge on any atom is -0.461 e. The highest BCUT2D eigenvalue weighted by Crippen LogP contribution is 2.50. The molecule has 1 aliphatic carbocycles. The van der Waals surface area contributed by atoms with Crippen molar-refractivity contribution < 1.29 is 18.6 Å². The summed E-state index contributed by atoms with van der Waals surface area (Å²) in [5.74, 6) is 0.872. The van der Waals surface area contributed by atoms with Crippen LogP contribution < -0.4 is 15.4 Å². The maximum absolute atomic E-state index is 14.4. The summed E-state index contributed by atoms with van der Waals surface area (Å²) in [6.45, 7) is 5.54. The summed E-state index contributed by atoms with van der Waals surface area (Å²) >= 11 is 0. The summed E-state index contributed by atoms with van der Waals surface area (Å²) < 4.78 is 33.3. The van der Waals surface area contributed by atoms with Crippen molar-refractivity contribution >= 4 is 11.5 Å². The van der Waals surface area contributed by atoms with E-state index in [-0.39, 0.29) is 11.0 Å². The van der Waals surface area contributed by atoms with E-state index in [4.69, 9.17) is 29.9 Å². The van der Waals surface area contributed by atoms with Gasteiger partial charge in [0.25, 0.3) is 0 Å². The molecule has 2 spiro atoms. The van der Waals surface area contributed by atoms with Gasteiger partial charge in [-0.2, -0.15) is 15.2 Å². The molecule has 4 fully saturated rings. The van der Waals surface area contributed by atoms with Crippen LogP contribution in [0.4, 0.5) is 15.9 Å². The molecule has 41 heavy (non-hydrogen) atoms. The van der Waals surface area contributed by atoms with E-state index in [0.29, 0.717) is 49.9 Å². The van der Waals surface area contributed by atoms with Crippen molar-refractivity contribution in [1.29, 1.82) is 5.26 Å². The van der Waals surface area contributed by atoms with Gasteiger partial charge in [-0.3, -0.25) is 4.90 Å². The first-order valence-electron chi connectivity index (χ1n) is 15.1. The number of anilines is 2. The monoisotopic (exact) mass is 560 g/mol. The van der Waals surface area contributed by atoms with E-state index in [0.717, 1.165) is 99.6 Å². The minimum atomic E-state index is -0.810. The Bertz CT molecular complexity index is 1430. The Balaban J connectivity index is 1.16. The lowest BCUT2D eigenvalue weighted by Crippen LogP contribution is -2.57. The number of halogens is 1. The lowest BCUT2D eigenvalue weighted by atomic mass is 9.72. The summed E-state index contributed by atoms with van der Waals surface area (Å²) in [7, 11) is 0. The second-order valence-electron chi connectivity index (χ2n) is 13.3. The summed E-state index contributed by atoms with van der Waals surface area (Å²) in [5, 5.41) is 10.1. The van der Waals surface area contributed by atoms with Crippen LogP contribution in [0.2, 0.25) is 0 Å². The first-order valence-corrected chi connectivity index (χ1v) is 15.1. The highest BCUT2D eigenvalue weighted by molar-refractivity contribution is 5.63. The SMILES string of the molecule is N#Cc1c(N)ccc2c1C1(CCC2)Cc2nc(OCC34CCCN3CC(F)C4)nc(N3CC4(CCOC4)C3)c2CO1. The van der Waals surface area contributed by atoms with Crippen LogP contribution in [0.5, 0.6) is 6.01 Å². The molecule has 3 unspecified atom stereocenters. The van der Waals surface area contributed by atoms with E-state index in [1.54, 1.807) is 0 Å². The topological polar surface area (TPSA) is 110 Å². The van der Waals surface area contributed by atoms with E-state index < -0.39 is 11.8 Å². The summed E-state index contributed by atoms with van der Waals surface area (Å²) in [5.41, 5.74) is 10.5. The quantitative estimate of drug-likeness (QED) is 0.563. The van der Waals surface area contributed by atoms with E-state index in [1.165, 1.54) is 0 Å². The zero-order valence-electron chi connectivity index (χ0n) is 23.5. The molecule has 0 radical (unpaired) electrons. The number of fused-ring (bicyclic) bond motifs is 4. The first-order chi connectivity index (χ1) is 19.9. The number of ether oxygens (including phenoxy) is 3. The normalized spacial score (nSPS) is 31.5. The van der Waals surface area contributed by atoms with Crippen LogP contribution in [0.3, 0.4) is 0 Å². The smallest absolute Gasteiger partial charge is 0.318 e. The molecule has 0 amide bonds. The van der Waals surface area contributed by atoms with Gasteiger partial charge < -0.3 is 24.8 Å². The molecular formula is C31H37FN6O3. The number of rotatable bonds is 4. The van der Waals surface area contributed by atoms with Gasteiger partial charge in [-0.25, -0.2) is 4.39 Å². The Hall–Kier alpha value is -3.00. The van der Waals surface area contributed by atoms with Gasteiger partial charge in [0.1, 0.15) is 30.3 Å². The Morgan fingerprint density at radius 2 is 2.10 bits per heavy atom. The molecule has 6 heterocycles. The molecule has 3 atom stereocenters. The molecule has 216 valence electrons. The van der Waals surface area contributed by atoms with Crippen LogP contribution in [-0.4, -0.2) is 72.6 Å². The van der Waals surface area contributed by atoms with Gasteiger partial charge in [0.05, 0.1) is 30.0 Å². The fraction of sp³-hybridized carbons (Fsp3) is 0.645. The molecule has 2 aromatic rings. The van der Waals surface area contributed by atoms with Crippen molar-refractivity contribution in [3.05, 3.63) is 40.1 Å². The lowest BCUT2D eigenvalue weighted by Gasteiger charge is -2.49. The van der Waals surface area contributed by atoms with Crippen LogP contribution in [0.1, 0.15) is 66.5 Å². The maximum Gasteiger partial charge on any atom is 0.318 e. The number of aromatic nitrogens is 2. The number of nitriles is 1. The molecule has 2 N–H and O–H groups in total. The van der Waals surface area contributed by atoms with Crippen molar-refractivity contribution in [1.82, 2.24) is 14.9 Å². The van der Waals surface area contributed by atoms with E-state index >= 15 is 0 Å². The number of benzene rings is 1. The van der Waals surface area contributed by atoms with Crippen LogP contribution >= 0.6 is 0 Å². The van der Waals surface area contributed by atoms with Crippen molar-refractivity contribution in [2.45, 2.75) is 75.3 Å². The minimum absolute atomic E-state index is 0.195. The van der Waals surface area contributed by atoms with Crippen molar-refractivity contribution in [2.75, 3.05) is 56.6 Å². The number of alkyl halides is 1. The fourth-order valence-electron chi connectivity index (χ4n) is 8.63. The second kappa shape index (κ2) is 9.25. The standard InChI is InChI=1S/C31H37FN6O3/c32-21-11-30(6-2-9-38(30)14-21)19-40-28-35-25-12-31(7-1-3-20-4-5-24(34)22(13-33)26(20)31)41-15-23(25)27(36-28)37-16-29(17-37)8-10-39-18-29/h4-5,21H,1-3,6-12,14-19,34H2. The van der Waals surface area contributed by atoms with Gasteiger partial charge in [-0.05, 0) is 56.7 Å². The Labute approximate surface area is 239 Å². The molecule has 9 nitrogen and oxygen atoms in total. The first kappa shape index (κ1) is 25.7. The van der Waals surface area contributed by atoms with Crippen LogP contribution in [0.25, 0.3) is 0 Å². The molecule has 4 saturated heterocycles. The van der Waals surface area contributed by atoms with E-state index in [2.05, 4.69) is 15.9 Å². The number of hydrogen-bond acceptors (Lipinski definition) is 9. The number of nitrogens with two attached hydrogens (primary N) is 1. The van der Waals surface area contributed by atoms with Gasteiger partial charge >= 0.3 is 6.01 Å². The molecule has 1 aromatic carbocycles. The predicted octanol–water partition coefficient (Wildman–Crippen LogP) is 3.42. The number of nitrogen functional groups attached to an aromatic ring is 1. The second-order valence-corrected chi connectivity index (χ2v) is 13.3. The van der Waals surface area contributed by atoms with Gasteiger partial charge in [0, 0.05) is 61.3 Å². The fourth-order valence-corrected chi connectivity index (χ4v) is 8.63. The van der Waals surface area contributed by atoms with Crippen molar-refractivity contribution in [2.24, 2.45) is 5.41 Å². The zero-order chi connectivity index (χ0) is 27.8. The van der Waals surface area contributed by atoms with Crippen molar-refractivity contribution in [3.8, 4) is 12.1 Å². The number of hydrogen-bond donors (Lipinski definition) is 1. The van der Waals surface area contributed by atoms with Crippen LogP contribution in [0, 0.1) is 16.7 Å². The molecular weight excluding hydrogens is 523 g/mol. The summed E-state index contributed by atoms with van der Waals surface area (Å²) in [6, 6.07) is 6.60. The molecule has 0 bridgehead atoms. The van der Waals surface area contributed by atoms with Gasteiger partial charge in [-0.15, -0.1) is 0 Å². The molecule has 10 heteroatoms. The number of nitrogens with zero attached hydrogens (tertiary/aromatic N) is 5. The third-order valence-electron chi connectivity index (χ3n) is 10.7. The Morgan fingerprint density at radius 1 is 1.20 bits per heavy atom. The lowest BCUT2D eigenvalue weighted by molar-refractivity contribution is -0.0858. The van der Waals surface area contributed by atoms with Crippen LogP contribution in [0.15, 0.2) is 12.1 Å². The maximum atomic E-state index is 14.4. The summed E-state index contributed by atoms with van der Waals surface area (Å²) in [6.07, 6.45) is 5.96. The summed E-state index contributed by atoms with van der Waals surface area (Å²) in [4.78, 5) is 14.5.